The zero-order valence-corrected chi connectivity index (χ0v) is 21.2. The average Bonchev–Trinajstić information content (AvgIpc) is 3.54. The number of aryl methyl sites for hydroxylation is 1. The number of ether oxygens (including phenoxy) is 1. The summed E-state index contributed by atoms with van der Waals surface area (Å²) in [6.07, 6.45) is 4.00. The van der Waals surface area contributed by atoms with Crippen LogP contribution in [-0.2, 0) is 16.1 Å². The fourth-order valence-corrected chi connectivity index (χ4v) is 4.57. The molecule has 9 nitrogen and oxygen atoms in total. The lowest BCUT2D eigenvalue weighted by Crippen LogP contribution is -2.64. The number of nitrogens with one attached hydrogen (secondary N) is 2. The van der Waals surface area contributed by atoms with Crippen LogP contribution in [0.1, 0.15) is 72.1 Å². The summed E-state index contributed by atoms with van der Waals surface area (Å²) in [7, 11) is 0. The van der Waals surface area contributed by atoms with E-state index in [2.05, 4.69) is 15.6 Å². The largest absolute Gasteiger partial charge is 0.379 e. The maximum Gasteiger partial charge on any atom is 0.276 e. The molecule has 2 aliphatic rings. The zero-order chi connectivity index (χ0) is 25.3. The molecule has 0 bridgehead atoms. The standard InChI is InChI=1S/C26H35N5O4/c1-16(2)35-13-7-12-27-25(34)26(5)14-30-15-28-21(22(30)24(33)31(26)19-10-11-19)23(32)29-20-9-6-8-17(3)18(20)4/h6,8-9,15-16,19H,7,10-14H2,1-5H3,(H,27,34)(H,29,32)/t26-/m0/s1. The molecule has 188 valence electrons. The Balaban J connectivity index is 1.54. The third kappa shape index (κ3) is 4.96. The molecule has 1 atom stereocenters. The number of hydrogen-bond acceptors (Lipinski definition) is 5. The summed E-state index contributed by atoms with van der Waals surface area (Å²) in [6, 6.07) is 5.67. The van der Waals surface area contributed by atoms with Crippen molar-refractivity contribution in [1.29, 1.82) is 0 Å². The SMILES string of the molecule is Cc1cccc(NC(=O)c2ncn3c2C(=O)N(C2CC2)[C@](C)(C(=O)NCCCOC(C)C)C3)c1C. The molecule has 1 fully saturated rings. The summed E-state index contributed by atoms with van der Waals surface area (Å²) in [5.41, 5.74) is 1.95. The molecule has 3 amide bonds. The summed E-state index contributed by atoms with van der Waals surface area (Å²) in [5, 5.41) is 5.88. The lowest BCUT2D eigenvalue weighted by Gasteiger charge is -2.44. The van der Waals surface area contributed by atoms with Gasteiger partial charge in [-0.2, -0.15) is 0 Å². The van der Waals surface area contributed by atoms with E-state index in [0.29, 0.717) is 25.3 Å². The van der Waals surface area contributed by atoms with E-state index in [1.165, 1.54) is 6.33 Å². The first-order valence-electron chi connectivity index (χ1n) is 12.3. The van der Waals surface area contributed by atoms with E-state index < -0.39 is 11.4 Å². The number of nitrogens with zero attached hydrogens (tertiary/aromatic N) is 3. The first-order chi connectivity index (χ1) is 16.6. The van der Waals surface area contributed by atoms with Gasteiger partial charge in [0.1, 0.15) is 11.2 Å². The van der Waals surface area contributed by atoms with Crippen molar-refractivity contribution in [2.45, 2.75) is 78.1 Å². The summed E-state index contributed by atoms with van der Waals surface area (Å²) in [6.45, 7) is 10.9. The number of fused-ring (bicyclic) bond motifs is 1. The quantitative estimate of drug-likeness (QED) is 0.536. The van der Waals surface area contributed by atoms with Crippen LogP contribution in [0.4, 0.5) is 5.69 Å². The third-order valence-electron chi connectivity index (χ3n) is 6.80. The highest BCUT2D eigenvalue weighted by atomic mass is 16.5. The third-order valence-corrected chi connectivity index (χ3v) is 6.80. The Kier molecular flexibility index (Phi) is 6.98. The molecule has 0 radical (unpaired) electrons. The smallest absolute Gasteiger partial charge is 0.276 e. The minimum atomic E-state index is -1.06. The van der Waals surface area contributed by atoms with Crippen LogP contribution in [0.15, 0.2) is 24.5 Å². The number of aromatic nitrogens is 2. The van der Waals surface area contributed by atoms with Gasteiger partial charge in [-0.3, -0.25) is 14.4 Å². The van der Waals surface area contributed by atoms with Gasteiger partial charge < -0.3 is 24.8 Å². The number of carbonyl (C=O) groups excluding carboxylic acids is 3. The van der Waals surface area contributed by atoms with Gasteiger partial charge in [-0.15, -0.1) is 0 Å². The molecular weight excluding hydrogens is 446 g/mol. The summed E-state index contributed by atoms with van der Waals surface area (Å²) >= 11 is 0. The van der Waals surface area contributed by atoms with Crippen molar-refractivity contribution in [3.63, 3.8) is 0 Å². The van der Waals surface area contributed by atoms with Crippen molar-refractivity contribution in [3.8, 4) is 0 Å². The fourth-order valence-electron chi connectivity index (χ4n) is 4.57. The van der Waals surface area contributed by atoms with E-state index in [9.17, 15) is 14.4 Å². The Morgan fingerprint density at radius 2 is 2.00 bits per heavy atom. The Morgan fingerprint density at radius 1 is 1.26 bits per heavy atom. The second-order valence-corrected chi connectivity index (χ2v) is 9.98. The topological polar surface area (TPSA) is 106 Å². The van der Waals surface area contributed by atoms with Gasteiger partial charge in [0.05, 0.1) is 19.0 Å². The Morgan fingerprint density at radius 3 is 2.69 bits per heavy atom. The van der Waals surface area contributed by atoms with Gasteiger partial charge in [-0.1, -0.05) is 12.1 Å². The van der Waals surface area contributed by atoms with Crippen molar-refractivity contribution in [2.24, 2.45) is 0 Å². The minimum Gasteiger partial charge on any atom is -0.379 e. The number of anilines is 1. The van der Waals surface area contributed by atoms with E-state index in [0.717, 1.165) is 24.0 Å². The van der Waals surface area contributed by atoms with E-state index in [-0.39, 0.29) is 41.9 Å². The van der Waals surface area contributed by atoms with Gasteiger partial charge in [0.25, 0.3) is 11.8 Å². The molecule has 9 heteroatoms. The van der Waals surface area contributed by atoms with E-state index in [4.69, 9.17) is 4.74 Å². The Labute approximate surface area is 206 Å². The van der Waals surface area contributed by atoms with Crippen molar-refractivity contribution in [1.82, 2.24) is 19.8 Å². The van der Waals surface area contributed by atoms with Crippen LogP contribution >= 0.6 is 0 Å². The normalized spacial score (nSPS) is 19.6. The molecular formula is C26H35N5O4. The predicted octanol–water partition coefficient (Wildman–Crippen LogP) is 3.06. The zero-order valence-electron chi connectivity index (χ0n) is 21.2. The molecule has 0 saturated heterocycles. The van der Waals surface area contributed by atoms with Crippen molar-refractivity contribution >= 4 is 23.4 Å². The molecule has 2 aromatic rings. The van der Waals surface area contributed by atoms with Crippen LogP contribution in [-0.4, -0.2) is 63.0 Å². The first kappa shape index (κ1) is 24.9. The summed E-state index contributed by atoms with van der Waals surface area (Å²) in [4.78, 5) is 46.1. The summed E-state index contributed by atoms with van der Waals surface area (Å²) in [5.74, 6) is -0.971. The number of hydrogen-bond donors (Lipinski definition) is 2. The van der Waals surface area contributed by atoms with Crippen LogP contribution in [0, 0.1) is 13.8 Å². The van der Waals surface area contributed by atoms with Crippen molar-refractivity contribution < 1.29 is 19.1 Å². The maximum atomic E-state index is 13.7. The molecule has 0 spiro atoms. The number of imidazole rings is 1. The summed E-state index contributed by atoms with van der Waals surface area (Å²) < 4.78 is 7.18. The molecule has 4 rings (SSSR count). The average molecular weight is 482 g/mol. The van der Waals surface area contributed by atoms with Crippen LogP contribution in [0.25, 0.3) is 0 Å². The lowest BCUT2D eigenvalue weighted by atomic mass is 9.94. The first-order valence-corrected chi connectivity index (χ1v) is 12.3. The van der Waals surface area contributed by atoms with Crippen molar-refractivity contribution in [2.75, 3.05) is 18.5 Å². The molecule has 1 aromatic heterocycles. The molecule has 1 aliphatic carbocycles. The Bertz CT molecular complexity index is 1140. The number of carbonyl (C=O) groups is 3. The second-order valence-electron chi connectivity index (χ2n) is 9.98. The highest BCUT2D eigenvalue weighted by Crippen LogP contribution is 2.39. The molecule has 35 heavy (non-hydrogen) atoms. The fraction of sp³-hybridized carbons (Fsp3) is 0.538. The molecule has 0 unspecified atom stereocenters. The number of benzene rings is 1. The lowest BCUT2D eigenvalue weighted by molar-refractivity contribution is -0.133. The van der Waals surface area contributed by atoms with Crippen LogP contribution < -0.4 is 10.6 Å². The van der Waals surface area contributed by atoms with E-state index in [1.807, 2.05) is 45.9 Å². The maximum absolute atomic E-state index is 13.7. The second kappa shape index (κ2) is 9.81. The van der Waals surface area contributed by atoms with Gasteiger partial charge in [0.2, 0.25) is 5.91 Å². The monoisotopic (exact) mass is 481 g/mol. The number of rotatable bonds is 9. The highest BCUT2D eigenvalue weighted by Gasteiger charge is 2.53. The van der Waals surface area contributed by atoms with Crippen LogP contribution in [0.5, 0.6) is 0 Å². The van der Waals surface area contributed by atoms with E-state index in [1.54, 1.807) is 16.4 Å². The van der Waals surface area contributed by atoms with E-state index >= 15 is 0 Å². The highest BCUT2D eigenvalue weighted by molar-refractivity contribution is 6.12. The van der Waals surface area contributed by atoms with Gasteiger partial charge in [-0.05, 0) is 71.1 Å². The molecule has 1 aromatic carbocycles. The van der Waals surface area contributed by atoms with Gasteiger partial charge in [0.15, 0.2) is 5.69 Å². The van der Waals surface area contributed by atoms with Gasteiger partial charge in [0, 0.05) is 24.9 Å². The van der Waals surface area contributed by atoms with Crippen LogP contribution in [0.2, 0.25) is 0 Å². The molecule has 2 heterocycles. The molecule has 1 aliphatic heterocycles. The minimum absolute atomic E-state index is 0.0129. The van der Waals surface area contributed by atoms with Crippen LogP contribution in [0.3, 0.4) is 0 Å². The van der Waals surface area contributed by atoms with Gasteiger partial charge >= 0.3 is 0 Å². The molecule has 1 saturated carbocycles. The molecule has 2 N–H and O–H groups in total. The Hall–Kier alpha value is -3.20. The predicted molar refractivity (Wildman–Crippen MR) is 132 cm³/mol. The number of amides is 3. The van der Waals surface area contributed by atoms with Gasteiger partial charge in [-0.25, -0.2) is 4.98 Å². The van der Waals surface area contributed by atoms with Crippen molar-refractivity contribution in [3.05, 3.63) is 47.0 Å².